The van der Waals surface area contributed by atoms with E-state index in [2.05, 4.69) is 0 Å². The zero-order valence-electron chi connectivity index (χ0n) is 16.4. The zero-order valence-corrected chi connectivity index (χ0v) is 17.2. The average molecular weight is 414 g/mol. The van der Waals surface area contributed by atoms with Crippen LogP contribution in [0.1, 0.15) is 28.5 Å². The molecule has 29 heavy (non-hydrogen) atoms. The number of anilines is 1. The van der Waals surface area contributed by atoms with Crippen LogP contribution in [-0.2, 0) is 14.8 Å². The standard InChI is InChI=1S/C21H22N2O5S/c1-4-18(23(29(3,26)27)15-10-6-5-7-11-15)20(24)22-14-17(21(25)28-2)16-12-8-9-13-19(16)22/h5-14,18H,4H2,1-3H3/t18-/m0/s1. The molecule has 0 aliphatic rings. The lowest BCUT2D eigenvalue weighted by atomic mass is 10.1. The summed E-state index contributed by atoms with van der Waals surface area (Å²) in [5.41, 5.74) is 1.16. The fourth-order valence-corrected chi connectivity index (χ4v) is 4.62. The van der Waals surface area contributed by atoms with Gasteiger partial charge < -0.3 is 4.74 Å². The highest BCUT2D eigenvalue weighted by molar-refractivity contribution is 7.92. The summed E-state index contributed by atoms with van der Waals surface area (Å²) in [4.78, 5) is 25.6. The molecular weight excluding hydrogens is 392 g/mol. The maximum absolute atomic E-state index is 13.5. The predicted molar refractivity (Wildman–Crippen MR) is 112 cm³/mol. The molecule has 0 fully saturated rings. The lowest BCUT2D eigenvalue weighted by Crippen LogP contribution is -2.46. The minimum absolute atomic E-state index is 0.247. The van der Waals surface area contributed by atoms with E-state index in [9.17, 15) is 18.0 Å². The smallest absolute Gasteiger partial charge is 0.340 e. The molecule has 1 aromatic heterocycles. The molecule has 0 spiro atoms. The molecule has 1 atom stereocenters. The Bertz CT molecular complexity index is 1150. The summed E-state index contributed by atoms with van der Waals surface area (Å²) in [6, 6.07) is 14.4. The highest BCUT2D eigenvalue weighted by Crippen LogP contribution is 2.27. The van der Waals surface area contributed by atoms with Crippen molar-refractivity contribution in [2.24, 2.45) is 0 Å². The summed E-state index contributed by atoms with van der Waals surface area (Å²) < 4.78 is 32.4. The second-order valence-corrected chi connectivity index (χ2v) is 8.44. The van der Waals surface area contributed by atoms with Crippen molar-refractivity contribution in [1.82, 2.24) is 4.57 Å². The van der Waals surface area contributed by atoms with E-state index in [0.29, 0.717) is 16.6 Å². The second-order valence-electron chi connectivity index (χ2n) is 6.58. The summed E-state index contributed by atoms with van der Waals surface area (Å²) in [7, 11) is -2.47. The van der Waals surface area contributed by atoms with Gasteiger partial charge in [0.25, 0.3) is 5.91 Å². The predicted octanol–water partition coefficient (Wildman–Crippen LogP) is 3.31. The van der Waals surface area contributed by atoms with Crippen LogP contribution >= 0.6 is 0 Å². The average Bonchev–Trinajstić information content (AvgIpc) is 3.10. The van der Waals surface area contributed by atoms with Crippen LogP contribution in [0.4, 0.5) is 5.69 Å². The molecular formula is C21H22N2O5S. The van der Waals surface area contributed by atoms with E-state index in [-0.39, 0.29) is 12.0 Å². The topological polar surface area (TPSA) is 85.7 Å². The number of aromatic nitrogens is 1. The van der Waals surface area contributed by atoms with Gasteiger partial charge in [-0.3, -0.25) is 13.7 Å². The third-order valence-corrected chi connectivity index (χ3v) is 5.86. The molecule has 3 aromatic rings. The fourth-order valence-electron chi connectivity index (χ4n) is 3.41. The molecule has 152 valence electrons. The zero-order chi connectivity index (χ0) is 21.2. The number of carbonyl (C=O) groups excluding carboxylic acids is 2. The Labute approximate surface area is 169 Å². The molecule has 0 amide bonds. The van der Waals surface area contributed by atoms with E-state index in [1.807, 2.05) is 0 Å². The first-order chi connectivity index (χ1) is 13.8. The molecule has 0 unspecified atom stereocenters. The Morgan fingerprint density at radius 2 is 1.69 bits per heavy atom. The highest BCUT2D eigenvalue weighted by atomic mass is 32.2. The molecule has 0 aliphatic heterocycles. The minimum Gasteiger partial charge on any atom is -0.465 e. The summed E-state index contributed by atoms with van der Waals surface area (Å²) >= 11 is 0. The third-order valence-electron chi connectivity index (χ3n) is 4.68. The molecule has 0 N–H and O–H groups in total. The Morgan fingerprint density at radius 1 is 1.07 bits per heavy atom. The number of esters is 1. The Kier molecular flexibility index (Phi) is 5.74. The van der Waals surface area contributed by atoms with Gasteiger partial charge in [0, 0.05) is 11.6 Å². The van der Waals surface area contributed by atoms with Crippen molar-refractivity contribution in [2.75, 3.05) is 17.7 Å². The van der Waals surface area contributed by atoms with Gasteiger partial charge in [0.2, 0.25) is 10.0 Å². The number of benzene rings is 2. The second kappa shape index (κ2) is 8.08. The van der Waals surface area contributed by atoms with Crippen molar-refractivity contribution in [1.29, 1.82) is 0 Å². The number of nitrogens with zero attached hydrogens (tertiary/aromatic N) is 2. The van der Waals surface area contributed by atoms with E-state index in [1.165, 1.54) is 17.9 Å². The summed E-state index contributed by atoms with van der Waals surface area (Å²) in [6.45, 7) is 1.75. The molecule has 3 rings (SSSR count). The first kappa shape index (κ1) is 20.6. The number of para-hydroxylation sites is 2. The van der Waals surface area contributed by atoms with Gasteiger partial charge in [-0.1, -0.05) is 43.3 Å². The van der Waals surface area contributed by atoms with Crippen LogP contribution in [0.25, 0.3) is 10.9 Å². The van der Waals surface area contributed by atoms with E-state index >= 15 is 0 Å². The van der Waals surface area contributed by atoms with Gasteiger partial charge >= 0.3 is 5.97 Å². The largest absolute Gasteiger partial charge is 0.465 e. The normalized spacial score (nSPS) is 12.5. The SMILES string of the molecule is CC[C@@H](C(=O)n1cc(C(=O)OC)c2ccccc21)N(c1ccccc1)S(C)(=O)=O. The van der Waals surface area contributed by atoms with Crippen molar-refractivity contribution >= 4 is 38.5 Å². The van der Waals surface area contributed by atoms with Crippen LogP contribution in [0, 0.1) is 0 Å². The number of methoxy groups -OCH3 is 1. The van der Waals surface area contributed by atoms with Crippen molar-refractivity contribution in [3.63, 3.8) is 0 Å². The van der Waals surface area contributed by atoms with Crippen LogP contribution < -0.4 is 4.31 Å². The number of hydrogen-bond donors (Lipinski definition) is 0. The molecule has 0 bridgehead atoms. The Hall–Kier alpha value is -3.13. The van der Waals surface area contributed by atoms with Gasteiger partial charge in [0.05, 0.1) is 30.1 Å². The van der Waals surface area contributed by atoms with Crippen molar-refractivity contribution in [2.45, 2.75) is 19.4 Å². The monoisotopic (exact) mass is 414 g/mol. The molecule has 0 radical (unpaired) electrons. The molecule has 1 heterocycles. The molecule has 7 nitrogen and oxygen atoms in total. The number of ether oxygens (including phenoxy) is 1. The van der Waals surface area contributed by atoms with Crippen LogP contribution in [0.5, 0.6) is 0 Å². The number of fused-ring (bicyclic) bond motifs is 1. The molecule has 0 aliphatic carbocycles. The van der Waals surface area contributed by atoms with Gasteiger partial charge in [-0.15, -0.1) is 0 Å². The van der Waals surface area contributed by atoms with Crippen molar-refractivity contribution in [3.8, 4) is 0 Å². The first-order valence-electron chi connectivity index (χ1n) is 9.06. The van der Waals surface area contributed by atoms with Crippen LogP contribution in [0.3, 0.4) is 0 Å². The molecule has 2 aromatic carbocycles. The molecule has 8 heteroatoms. The van der Waals surface area contributed by atoms with Crippen LogP contribution in [0.15, 0.2) is 60.8 Å². The van der Waals surface area contributed by atoms with Crippen molar-refractivity contribution in [3.05, 3.63) is 66.4 Å². The highest BCUT2D eigenvalue weighted by Gasteiger charge is 2.33. The first-order valence-corrected chi connectivity index (χ1v) is 10.9. The molecule has 0 saturated carbocycles. The third kappa shape index (κ3) is 3.88. The number of rotatable bonds is 6. The number of hydrogen-bond acceptors (Lipinski definition) is 5. The maximum atomic E-state index is 13.5. The fraction of sp³-hybridized carbons (Fsp3) is 0.238. The van der Waals surface area contributed by atoms with E-state index < -0.39 is 27.9 Å². The minimum atomic E-state index is -3.74. The Morgan fingerprint density at radius 3 is 2.28 bits per heavy atom. The van der Waals surface area contributed by atoms with Crippen LogP contribution in [0.2, 0.25) is 0 Å². The van der Waals surface area contributed by atoms with E-state index in [0.717, 1.165) is 10.6 Å². The van der Waals surface area contributed by atoms with Gasteiger partial charge in [-0.2, -0.15) is 0 Å². The number of carbonyl (C=O) groups is 2. The van der Waals surface area contributed by atoms with E-state index in [1.54, 1.807) is 61.5 Å². The van der Waals surface area contributed by atoms with Gasteiger partial charge in [-0.05, 0) is 24.6 Å². The summed E-state index contributed by atoms with van der Waals surface area (Å²) in [5.74, 6) is -1.02. The molecule has 0 saturated heterocycles. The lowest BCUT2D eigenvalue weighted by molar-refractivity contribution is 0.0603. The summed E-state index contributed by atoms with van der Waals surface area (Å²) in [6.07, 6.45) is 2.73. The van der Waals surface area contributed by atoms with Gasteiger partial charge in [0.1, 0.15) is 6.04 Å². The number of sulfonamides is 1. The lowest BCUT2D eigenvalue weighted by Gasteiger charge is -2.30. The van der Waals surface area contributed by atoms with Crippen LogP contribution in [-0.4, -0.2) is 44.3 Å². The van der Waals surface area contributed by atoms with E-state index in [4.69, 9.17) is 4.74 Å². The summed E-state index contributed by atoms with van der Waals surface area (Å²) in [5, 5.41) is 0.563. The Balaban J connectivity index is 2.16. The van der Waals surface area contributed by atoms with Crippen molar-refractivity contribution < 1.29 is 22.7 Å². The van der Waals surface area contributed by atoms with Gasteiger partial charge in [0.15, 0.2) is 0 Å². The maximum Gasteiger partial charge on any atom is 0.340 e. The quantitative estimate of drug-likeness (QED) is 0.578. The van der Waals surface area contributed by atoms with Gasteiger partial charge in [-0.25, -0.2) is 13.2 Å².